The average molecular weight is 397 g/mol. The Kier molecular flexibility index (Phi) is 7.42. The molecule has 2 N–H and O–H groups in total. The molecular formula is C22H23NO6. The summed E-state index contributed by atoms with van der Waals surface area (Å²) in [4.78, 5) is 24.6. The summed E-state index contributed by atoms with van der Waals surface area (Å²) in [7, 11) is 5.68. The van der Waals surface area contributed by atoms with Crippen molar-refractivity contribution < 1.29 is 28.5 Å². The van der Waals surface area contributed by atoms with Crippen molar-refractivity contribution in [1.29, 1.82) is 0 Å². The van der Waals surface area contributed by atoms with Crippen molar-refractivity contribution in [1.82, 2.24) is 0 Å². The van der Waals surface area contributed by atoms with Crippen LogP contribution in [0.3, 0.4) is 0 Å². The van der Waals surface area contributed by atoms with E-state index < -0.39 is 11.9 Å². The number of amides is 1. The molecule has 0 saturated heterocycles. The van der Waals surface area contributed by atoms with E-state index in [9.17, 15) is 9.59 Å². The summed E-state index contributed by atoms with van der Waals surface area (Å²) >= 11 is 0. The fraction of sp³-hybridized carbons (Fsp3) is 0.182. The minimum absolute atomic E-state index is 0.00174. The van der Waals surface area contributed by atoms with Crippen LogP contribution >= 0.6 is 0 Å². The lowest BCUT2D eigenvalue weighted by atomic mass is 9.99. The third-order valence-electron chi connectivity index (χ3n) is 4.07. The van der Waals surface area contributed by atoms with Crippen molar-refractivity contribution in [2.75, 3.05) is 28.4 Å². The van der Waals surface area contributed by atoms with E-state index in [1.807, 2.05) is 18.2 Å². The number of ether oxygens (including phenoxy) is 4. The zero-order valence-corrected chi connectivity index (χ0v) is 16.7. The molecular weight excluding hydrogens is 374 g/mol. The Balaban J connectivity index is 2.68. The van der Waals surface area contributed by atoms with E-state index in [1.54, 1.807) is 24.3 Å². The van der Waals surface area contributed by atoms with Crippen molar-refractivity contribution >= 4 is 24.0 Å². The number of nitrogens with two attached hydrogens (primary N) is 1. The molecule has 152 valence electrons. The number of carbonyl (C=O) groups excluding carboxylic acids is 2. The van der Waals surface area contributed by atoms with Gasteiger partial charge in [-0.25, -0.2) is 4.79 Å². The minimum Gasteiger partial charge on any atom is -0.493 e. The lowest BCUT2D eigenvalue weighted by molar-refractivity contribution is -0.136. The first kappa shape index (κ1) is 21.6. The molecule has 0 fully saturated rings. The number of primary amides is 1. The number of carbonyl (C=O) groups is 2. The molecule has 7 nitrogen and oxygen atoms in total. The van der Waals surface area contributed by atoms with E-state index in [1.165, 1.54) is 40.6 Å². The topological polar surface area (TPSA) is 97.1 Å². The summed E-state index contributed by atoms with van der Waals surface area (Å²) in [5.41, 5.74) is 6.81. The van der Waals surface area contributed by atoms with Crippen LogP contribution in [0.4, 0.5) is 0 Å². The minimum atomic E-state index is -0.766. The van der Waals surface area contributed by atoms with Gasteiger partial charge < -0.3 is 24.7 Å². The second kappa shape index (κ2) is 9.98. The summed E-state index contributed by atoms with van der Waals surface area (Å²) in [5.74, 6) is -0.274. The monoisotopic (exact) mass is 397 g/mol. The van der Waals surface area contributed by atoms with Gasteiger partial charge in [-0.3, -0.25) is 4.79 Å². The lowest BCUT2D eigenvalue weighted by Crippen LogP contribution is -2.20. The smallest absolute Gasteiger partial charge is 0.338 e. The van der Waals surface area contributed by atoms with E-state index in [-0.39, 0.29) is 11.1 Å². The average Bonchev–Trinajstić information content (AvgIpc) is 2.75. The maximum Gasteiger partial charge on any atom is 0.338 e. The fourth-order valence-corrected chi connectivity index (χ4v) is 2.71. The van der Waals surface area contributed by atoms with Crippen LogP contribution in [0.15, 0.2) is 53.6 Å². The largest absolute Gasteiger partial charge is 0.493 e. The highest BCUT2D eigenvalue weighted by atomic mass is 16.5. The van der Waals surface area contributed by atoms with Crippen molar-refractivity contribution in [3.05, 3.63) is 64.7 Å². The van der Waals surface area contributed by atoms with Crippen LogP contribution in [0, 0.1) is 0 Å². The molecule has 0 heterocycles. The van der Waals surface area contributed by atoms with Gasteiger partial charge in [-0.1, -0.05) is 30.3 Å². The maximum absolute atomic E-state index is 12.5. The van der Waals surface area contributed by atoms with Gasteiger partial charge in [0.05, 0.1) is 39.6 Å². The van der Waals surface area contributed by atoms with Crippen molar-refractivity contribution in [2.45, 2.75) is 0 Å². The Morgan fingerprint density at radius 2 is 1.34 bits per heavy atom. The highest BCUT2D eigenvalue weighted by molar-refractivity contribution is 6.14. The Morgan fingerprint density at radius 3 is 1.79 bits per heavy atom. The predicted molar refractivity (Wildman–Crippen MR) is 110 cm³/mol. The Labute approximate surface area is 169 Å². The number of hydrogen-bond acceptors (Lipinski definition) is 6. The second-order valence-corrected chi connectivity index (χ2v) is 5.84. The Hall–Kier alpha value is -3.74. The van der Waals surface area contributed by atoms with Gasteiger partial charge in [-0.15, -0.1) is 0 Å². The summed E-state index contributed by atoms with van der Waals surface area (Å²) in [6.45, 7) is 0. The number of hydrogen-bond donors (Lipinski definition) is 1. The van der Waals surface area contributed by atoms with Crippen LogP contribution in [0.25, 0.3) is 12.2 Å². The molecule has 2 rings (SSSR count). The molecule has 1 amide bonds. The number of benzene rings is 2. The molecule has 7 heteroatoms. The van der Waals surface area contributed by atoms with Crippen LogP contribution in [-0.4, -0.2) is 40.3 Å². The summed E-state index contributed by atoms with van der Waals surface area (Å²) in [6.07, 6.45) is 3.01. The van der Waals surface area contributed by atoms with E-state index in [2.05, 4.69) is 0 Å². The molecule has 0 aliphatic rings. The maximum atomic E-state index is 12.5. The zero-order valence-electron chi connectivity index (χ0n) is 16.7. The molecule has 0 spiro atoms. The zero-order chi connectivity index (χ0) is 21.4. The lowest BCUT2D eigenvalue weighted by Gasteiger charge is -2.14. The molecule has 0 radical (unpaired) electrons. The van der Waals surface area contributed by atoms with E-state index in [0.717, 1.165) is 0 Å². The van der Waals surface area contributed by atoms with Gasteiger partial charge in [0, 0.05) is 0 Å². The number of esters is 1. The van der Waals surface area contributed by atoms with Gasteiger partial charge in [-0.05, 0) is 35.4 Å². The van der Waals surface area contributed by atoms with E-state index in [4.69, 9.17) is 24.7 Å². The van der Waals surface area contributed by atoms with Crippen LogP contribution in [0.1, 0.15) is 11.1 Å². The van der Waals surface area contributed by atoms with Crippen LogP contribution < -0.4 is 19.9 Å². The van der Waals surface area contributed by atoms with Crippen molar-refractivity contribution in [3.63, 3.8) is 0 Å². The first-order chi connectivity index (χ1) is 13.9. The summed E-state index contributed by atoms with van der Waals surface area (Å²) in [5, 5.41) is 0. The highest BCUT2D eigenvalue weighted by Gasteiger charge is 2.21. The molecule has 0 aliphatic carbocycles. The molecule has 0 aliphatic heterocycles. The van der Waals surface area contributed by atoms with Gasteiger partial charge >= 0.3 is 5.97 Å². The van der Waals surface area contributed by atoms with Crippen molar-refractivity contribution in [3.8, 4) is 17.2 Å². The van der Waals surface area contributed by atoms with Gasteiger partial charge in [0.15, 0.2) is 11.5 Å². The van der Waals surface area contributed by atoms with Gasteiger partial charge in [0.25, 0.3) is 0 Å². The highest BCUT2D eigenvalue weighted by Crippen LogP contribution is 2.39. The number of rotatable bonds is 8. The molecule has 0 unspecified atom stereocenters. The van der Waals surface area contributed by atoms with E-state index in [0.29, 0.717) is 28.4 Å². The first-order valence-corrected chi connectivity index (χ1v) is 8.62. The van der Waals surface area contributed by atoms with E-state index >= 15 is 0 Å². The third kappa shape index (κ3) is 5.16. The summed E-state index contributed by atoms with van der Waals surface area (Å²) in [6, 6.07) is 12.3. The third-order valence-corrected chi connectivity index (χ3v) is 4.07. The fourth-order valence-electron chi connectivity index (χ4n) is 2.71. The summed E-state index contributed by atoms with van der Waals surface area (Å²) < 4.78 is 20.8. The van der Waals surface area contributed by atoms with Gasteiger partial charge in [0.2, 0.25) is 11.7 Å². The Bertz CT molecular complexity index is 922. The van der Waals surface area contributed by atoms with Crippen molar-refractivity contribution in [2.24, 2.45) is 5.73 Å². The molecule has 0 saturated carbocycles. The first-order valence-electron chi connectivity index (χ1n) is 8.62. The molecule has 2 aromatic rings. The van der Waals surface area contributed by atoms with Gasteiger partial charge in [0.1, 0.15) is 0 Å². The number of methoxy groups -OCH3 is 4. The Morgan fingerprint density at radius 1 is 0.793 bits per heavy atom. The predicted octanol–water partition coefficient (Wildman–Crippen LogP) is 2.84. The van der Waals surface area contributed by atoms with Gasteiger partial charge in [-0.2, -0.15) is 0 Å². The van der Waals surface area contributed by atoms with Crippen LogP contribution in [-0.2, 0) is 14.3 Å². The quantitative estimate of drug-likeness (QED) is 0.418. The molecule has 0 atom stereocenters. The normalized spacial score (nSPS) is 11.6. The SMILES string of the molecule is COC(=O)C(=C/c1cc(OC)c(OC)c(OC)c1)/C(=C/c1ccccc1)C(N)=O. The molecule has 29 heavy (non-hydrogen) atoms. The molecule has 0 bridgehead atoms. The van der Waals surface area contributed by atoms with Crippen LogP contribution in [0.2, 0.25) is 0 Å². The molecule has 0 aromatic heterocycles. The molecule has 2 aromatic carbocycles. The standard InChI is InChI=1S/C22H23NO6/c1-26-18-12-15(13-19(27-2)20(18)28-3)11-17(22(25)29-4)16(21(23)24)10-14-8-6-5-7-9-14/h5-13H,1-4H3,(H2,23,24)/b16-10-,17-11+. The van der Waals surface area contributed by atoms with Crippen LogP contribution in [0.5, 0.6) is 17.2 Å². The second-order valence-electron chi connectivity index (χ2n) is 5.84.